The molecule has 152 valence electrons. The molecule has 1 rings (SSSR count). The van der Waals surface area contributed by atoms with Crippen LogP contribution in [-0.4, -0.2) is 51.6 Å². The molecule has 0 spiro atoms. The van der Waals surface area contributed by atoms with Crippen molar-refractivity contribution in [3.8, 4) is 0 Å². The van der Waals surface area contributed by atoms with Gasteiger partial charge in [-0.25, -0.2) is 0 Å². The lowest BCUT2D eigenvalue weighted by molar-refractivity contribution is -0.122. The van der Waals surface area contributed by atoms with Gasteiger partial charge in [-0.05, 0) is 18.9 Å². The van der Waals surface area contributed by atoms with Crippen molar-refractivity contribution < 1.29 is 29.0 Å². The minimum absolute atomic E-state index is 0.130. The topological polar surface area (TPSA) is 89.9 Å². The molecular weight excluding hydrogens is 348 g/mol. The third-order valence-electron chi connectivity index (χ3n) is 3.26. The van der Waals surface area contributed by atoms with E-state index in [9.17, 15) is 4.79 Å². The molecule has 27 heavy (non-hydrogen) atoms. The summed E-state index contributed by atoms with van der Waals surface area (Å²) in [4.78, 5) is 27.4. The van der Waals surface area contributed by atoms with Gasteiger partial charge >= 0.3 is 0 Å². The molecule has 0 aromatic heterocycles. The number of hydrogen-bond donors (Lipinski definition) is 1. The van der Waals surface area contributed by atoms with Gasteiger partial charge in [0.2, 0.25) is 0 Å². The summed E-state index contributed by atoms with van der Waals surface area (Å²) in [6.45, 7) is 10.2. The summed E-state index contributed by atoms with van der Waals surface area (Å²) in [5, 5.41) is 6.89. The van der Waals surface area contributed by atoms with Crippen molar-refractivity contribution in [1.82, 2.24) is 0 Å². The van der Waals surface area contributed by atoms with Crippen molar-refractivity contribution in [3.63, 3.8) is 0 Å². The normalized spacial score (nSPS) is 8.85. The molecule has 0 fully saturated rings. The second-order valence-electron chi connectivity index (χ2n) is 5.22. The maximum atomic E-state index is 10.0. The molecule has 0 aliphatic rings. The Kier molecular flexibility index (Phi) is 25.3. The van der Waals surface area contributed by atoms with E-state index < -0.39 is 0 Å². The van der Waals surface area contributed by atoms with E-state index >= 15 is 0 Å². The van der Waals surface area contributed by atoms with Crippen LogP contribution in [0, 0.1) is 5.41 Å². The second-order valence-corrected chi connectivity index (χ2v) is 5.22. The van der Waals surface area contributed by atoms with E-state index in [1.807, 2.05) is 24.3 Å². The Labute approximate surface area is 162 Å². The SMILES string of the molecule is C=CC=O.C=CCC(CC)(COC)COC.O=CO.O=Cc1ccccc1. The number of methoxy groups -OCH3 is 2. The van der Waals surface area contributed by atoms with Crippen LogP contribution in [0.1, 0.15) is 30.1 Å². The van der Waals surface area contributed by atoms with Gasteiger partial charge in [0.25, 0.3) is 6.47 Å². The highest BCUT2D eigenvalue weighted by Crippen LogP contribution is 2.27. The molecule has 0 amide bonds. The highest BCUT2D eigenvalue weighted by Gasteiger charge is 2.26. The molecule has 6 heteroatoms. The Hall–Kier alpha value is -2.57. The molecule has 1 aromatic carbocycles. The fourth-order valence-electron chi connectivity index (χ4n) is 1.96. The van der Waals surface area contributed by atoms with Gasteiger partial charge in [-0.1, -0.05) is 49.9 Å². The van der Waals surface area contributed by atoms with Gasteiger partial charge in [0, 0.05) is 25.2 Å². The average Bonchev–Trinajstić information content (AvgIpc) is 2.70. The molecule has 0 heterocycles. The Balaban J connectivity index is -0.000000328. The molecule has 0 aliphatic heterocycles. The van der Waals surface area contributed by atoms with E-state index in [1.165, 1.54) is 6.08 Å². The summed E-state index contributed by atoms with van der Waals surface area (Å²) in [7, 11) is 3.45. The predicted molar refractivity (Wildman–Crippen MR) is 108 cm³/mol. The van der Waals surface area contributed by atoms with Gasteiger partial charge in [0.05, 0.1) is 13.2 Å². The molecular formula is C21H32O6. The highest BCUT2D eigenvalue weighted by atomic mass is 16.5. The smallest absolute Gasteiger partial charge is 0.290 e. The number of carbonyl (C=O) groups is 3. The van der Waals surface area contributed by atoms with Crippen LogP contribution in [0.15, 0.2) is 55.6 Å². The van der Waals surface area contributed by atoms with Crippen molar-refractivity contribution in [2.45, 2.75) is 19.8 Å². The third kappa shape index (κ3) is 19.6. The van der Waals surface area contributed by atoms with E-state index in [0.717, 1.165) is 37.9 Å². The van der Waals surface area contributed by atoms with Crippen molar-refractivity contribution >= 4 is 19.0 Å². The standard InChI is InChI=1S/C10H20O2.C7H6O.C3H4O.CH2O2/c1-5-7-10(6-2,8-11-3)9-12-4;8-6-7-4-2-1-3-5-7;1-2-3-4;2-1-3/h5H,1,6-9H2,2-4H3;1-6H;2-3H,1H2;1H,(H,2,3). The first-order valence-corrected chi connectivity index (χ1v) is 8.24. The lowest BCUT2D eigenvalue weighted by Gasteiger charge is -2.29. The summed E-state index contributed by atoms with van der Waals surface area (Å²) >= 11 is 0. The highest BCUT2D eigenvalue weighted by molar-refractivity contribution is 5.74. The molecule has 6 nitrogen and oxygen atoms in total. The van der Waals surface area contributed by atoms with Crippen LogP contribution < -0.4 is 0 Å². The van der Waals surface area contributed by atoms with Crippen molar-refractivity contribution in [3.05, 3.63) is 61.2 Å². The fraction of sp³-hybridized carbons (Fsp3) is 0.381. The lowest BCUT2D eigenvalue weighted by Crippen LogP contribution is -2.30. The first-order valence-electron chi connectivity index (χ1n) is 8.24. The van der Waals surface area contributed by atoms with Crippen molar-refractivity contribution in [2.75, 3.05) is 27.4 Å². The number of allylic oxidation sites excluding steroid dienone is 2. The number of benzene rings is 1. The first-order chi connectivity index (χ1) is 13.0. The van der Waals surface area contributed by atoms with E-state index in [-0.39, 0.29) is 11.9 Å². The summed E-state index contributed by atoms with van der Waals surface area (Å²) < 4.78 is 10.4. The zero-order valence-corrected chi connectivity index (χ0v) is 16.5. The van der Waals surface area contributed by atoms with Crippen LogP contribution >= 0.6 is 0 Å². The maximum Gasteiger partial charge on any atom is 0.290 e. The van der Waals surface area contributed by atoms with E-state index in [2.05, 4.69) is 20.1 Å². The van der Waals surface area contributed by atoms with Gasteiger partial charge < -0.3 is 14.6 Å². The Bertz CT molecular complexity index is 473. The number of carbonyl (C=O) groups excluding carboxylic acids is 2. The third-order valence-corrected chi connectivity index (χ3v) is 3.26. The summed E-state index contributed by atoms with van der Waals surface area (Å²) in [5.41, 5.74) is 0.859. The quantitative estimate of drug-likeness (QED) is 0.398. The van der Waals surface area contributed by atoms with Crippen LogP contribution in [0.5, 0.6) is 0 Å². The largest absolute Gasteiger partial charge is 0.483 e. The van der Waals surface area contributed by atoms with Crippen LogP contribution in [0.3, 0.4) is 0 Å². The van der Waals surface area contributed by atoms with E-state index in [4.69, 9.17) is 24.2 Å². The Morgan fingerprint density at radius 3 is 1.70 bits per heavy atom. The number of rotatable bonds is 9. The molecule has 1 N–H and O–H groups in total. The minimum atomic E-state index is -0.250. The molecule has 0 saturated carbocycles. The van der Waals surface area contributed by atoms with Gasteiger partial charge in [0.1, 0.15) is 12.6 Å². The summed E-state index contributed by atoms with van der Waals surface area (Å²) in [6.07, 6.45) is 6.60. The van der Waals surface area contributed by atoms with Crippen LogP contribution in [0.4, 0.5) is 0 Å². The molecule has 1 aromatic rings. The van der Waals surface area contributed by atoms with Crippen molar-refractivity contribution in [1.29, 1.82) is 0 Å². The second kappa shape index (κ2) is 23.4. The van der Waals surface area contributed by atoms with Gasteiger partial charge in [-0.15, -0.1) is 6.58 Å². The van der Waals surface area contributed by atoms with Gasteiger partial charge in [0.15, 0.2) is 0 Å². The number of carboxylic acid groups (broad SMARTS) is 1. The molecule has 0 atom stereocenters. The van der Waals surface area contributed by atoms with Gasteiger partial charge in [-0.3, -0.25) is 14.4 Å². The maximum absolute atomic E-state index is 10.0. The zero-order valence-electron chi connectivity index (χ0n) is 16.5. The predicted octanol–water partition coefficient (Wildman–Crippen LogP) is 3.82. The lowest BCUT2D eigenvalue weighted by atomic mass is 9.83. The first kappa shape index (κ1) is 29.2. The fourth-order valence-corrected chi connectivity index (χ4v) is 1.96. The average molecular weight is 380 g/mol. The molecule has 0 bridgehead atoms. The minimum Gasteiger partial charge on any atom is -0.483 e. The number of aldehydes is 2. The number of ether oxygens (including phenoxy) is 2. The van der Waals surface area contributed by atoms with Crippen LogP contribution in [0.2, 0.25) is 0 Å². The zero-order chi connectivity index (χ0) is 21.4. The van der Waals surface area contributed by atoms with E-state index in [1.54, 1.807) is 26.4 Å². The number of hydrogen-bond acceptors (Lipinski definition) is 5. The van der Waals surface area contributed by atoms with Crippen molar-refractivity contribution in [2.24, 2.45) is 5.41 Å². The Morgan fingerprint density at radius 2 is 1.48 bits per heavy atom. The molecule has 0 saturated heterocycles. The molecule has 0 unspecified atom stereocenters. The van der Waals surface area contributed by atoms with Crippen LogP contribution in [-0.2, 0) is 19.1 Å². The summed E-state index contributed by atoms with van der Waals surface area (Å²) in [5.74, 6) is 0. The monoisotopic (exact) mass is 380 g/mol. The van der Waals surface area contributed by atoms with Crippen LogP contribution in [0.25, 0.3) is 0 Å². The molecule has 0 aliphatic carbocycles. The molecule has 0 radical (unpaired) electrons. The summed E-state index contributed by atoms with van der Waals surface area (Å²) in [6, 6.07) is 9.10. The Morgan fingerprint density at radius 1 is 1.04 bits per heavy atom. The van der Waals surface area contributed by atoms with Gasteiger partial charge in [-0.2, -0.15) is 0 Å². The van der Waals surface area contributed by atoms with E-state index in [0.29, 0.717) is 6.29 Å².